The van der Waals surface area contributed by atoms with E-state index in [0.717, 1.165) is 18.5 Å². The maximum atomic E-state index is 5.74. The average molecular weight is 267 g/mol. The lowest BCUT2D eigenvalue weighted by molar-refractivity contribution is 0.192. The molecule has 0 aromatic heterocycles. The third-order valence-corrected chi connectivity index (χ3v) is 5.44. The van der Waals surface area contributed by atoms with Crippen molar-refractivity contribution in [3.05, 3.63) is 0 Å². The smallest absolute Gasteiger partial charge is 0.0733 e. The summed E-state index contributed by atoms with van der Waals surface area (Å²) in [5.41, 5.74) is 6.19. The van der Waals surface area contributed by atoms with Crippen LogP contribution in [0, 0.1) is 5.41 Å². The molecule has 0 aromatic rings. The summed E-state index contributed by atoms with van der Waals surface area (Å²) in [6, 6.07) is 1.63. The van der Waals surface area contributed by atoms with Crippen LogP contribution >= 0.6 is 12.2 Å². The van der Waals surface area contributed by atoms with Crippen molar-refractivity contribution < 1.29 is 0 Å². The van der Waals surface area contributed by atoms with Gasteiger partial charge in [-0.25, -0.2) is 0 Å². The van der Waals surface area contributed by atoms with Gasteiger partial charge in [-0.15, -0.1) is 0 Å². The number of nitrogens with two attached hydrogens (primary N) is 1. The number of hydrogen-bond donors (Lipinski definition) is 1. The molecule has 3 aliphatic rings. The van der Waals surface area contributed by atoms with Crippen molar-refractivity contribution in [1.29, 1.82) is 0 Å². The third-order valence-electron chi connectivity index (χ3n) is 5.30. The molecule has 2 bridgehead atoms. The van der Waals surface area contributed by atoms with Crippen LogP contribution in [0.4, 0.5) is 0 Å². The summed E-state index contributed by atoms with van der Waals surface area (Å²) in [5.74, 6) is 0. The van der Waals surface area contributed by atoms with E-state index < -0.39 is 0 Å². The molecule has 102 valence electrons. The molecule has 2 saturated heterocycles. The van der Waals surface area contributed by atoms with Crippen molar-refractivity contribution in [2.75, 3.05) is 26.7 Å². The minimum atomic E-state index is 0.452. The van der Waals surface area contributed by atoms with Gasteiger partial charge in [0.1, 0.15) is 0 Å². The molecule has 2 heterocycles. The maximum absolute atomic E-state index is 5.74. The van der Waals surface area contributed by atoms with Crippen LogP contribution < -0.4 is 5.73 Å². The molecule has 1 saturated carbocycles. The minimum absolute atomic E-state index is 0.452. The van der Waals surface area contributed by atoms with Gasteiger partial charge in [0, 0.05) is 31.6 Å². The second-order valence-corrected chi connectivity index (χ2v) is 7.24. The fraction of sp³-hybridized carbons (Fsp3) is 0.929. The number of rotatable bonds is 4. The van der Waals surface area contributed by atoms with Crippen molar-refractivity contribution in [2.24, 2.45) is 11.1 Å². The Morgan fingerprint density at radius 3 is 2.67 bits per heavy atom. The third kappa shape index (κ3) is 2.56. The first kappa shape index (κ1) is 12.8. The van der Waals surface area contributed by atoms with Gasteiger partial charge < -0.3 is 10.6 Å². The van der Waals surface area contributed by atoms with E-state index in [9.17, 15) is 0 Å². The van der Waals surface area contributed by atoms with Crippen molar-refractivity contribution in [2.45, 2.75) is 50.6 Å². The quantitative estimate of drug-likeness (QED) is 0.785. The molecule has 4 heteroatoms. The predicted octanol–water partition coefficient (Wildman–Crippen LogP) is 1.61. The summed E-state index contributed by atoms with van der Waals surface area (Å²) in [7, 11) is 2.31. The van der Waals surface area contributed by atoms with Crippen LogP contribution in [-0.4, -0.2) is 53.6 Å². The van der Waals surface area contributed by atoms with Crippen LogP contribution in [-0.2, 0) is 0 Å². The van der Waals surface area contributed by atoms with Gasteiger partial charge in [0.15, 0.2) is 0 Å². The Labute approximate surface area is 116 Å². The Morgan fingerprint density at radius 1 is 1.28 bits per heavy atom. The van der Waals surface area contributed by atoms with Crippen molar-refractivity contribution in [3.63, 3.8) is 0 Å². The second-order valence-electron chi connectivity index (χ2n) is 6.72. The Bertz CT molecular complexity index is 340. The predicted molar refractivity (Wildman–Crippen MR) is 78.7 cm³/mol. The lowest BCUT2D eigenvalue weighted by Crippen LogP contribution is -2.39. The topological polar surface area (TPSA) is 32.5 Å². The van der Waals surface area contributed by atoms with E-state index >= 15 is 0 Å². The highest BCUT2D eigenvalue weighted by Gasteiger charge is 2.45. The number of thiocarbonyl (C=S) groups is 1. The van der Waals surface area contributed by atoms with Gasteiger partial charge in [0.05, 0.1) is 4.99 Å². The summed E-state index contributed by atoms with van der Waals surface area (Å²) >= 11 is 5.10. The van der Waals surface area contributed by atoms with E-state index in [2.05, 4.69) is 16.8 Å². The lowest BCUT2D eigenvalue weighted by atomic mass is 10.0. The highest BCUT2D eigenvalue weighted by atomic mass is 32.1. The average Bonchev–Trinajstić information content (AvgIpc) is 2.94. The van der Waals surface area contributed by atoms with Crippen LogP contribution in [0.25, 0.3) is 0 Å². The summed E-state index contributed by atoms with van der Waals surface area (Å²) in [4.78, 5) is 6.01. The molecule has 2 atom stereocenters. The van der Waals surface area contributed by atoms with Crippen molar-refractivity contribution in [1.82, 2.24) is 9.80 Å². The Balaban J connectivity index is 1.59. The summed E-state index contributed by atoms with van der Waals surface area (Å²) < 4.78 is 0. The monoisotopic (exact) mass is 267 g/mol. The Morgan fingerprint density at radius 2 is 2.00 bits per heavy atom. The molecule has 0 aromatic carbocycles. The van der Waals surface area contributed by atoms with Crippen LogP contribution in [0.5, 0.6) is 0 Å². The molecule has 18 heavy (non-hydrogen) atoms. The SMILES string of the molecule is CN1C2CCC1CN(CC1(CC(N)=S)CC1)CC2. The van der Waals surface area contributed by atoms with E-state index in [1.165, 1.54) is 51.7 Å². The molecule has 3 rings (SSSR count). The molecule has 0 spiro atoms. The number of nitrogens with zero attached hydrogens (tertiary/aromatic N) is 2. The standard InChI is InChI=1S/C14H25N3S/c1-16-11-2-3-12(16)9-17(7-4-11)10-14(5-6-14)8-13(15)18/h11-12H,2-10H2,1H3,(H2,15,18). The van der Waals surface area contributed by atoms with Crippen molar-refractivity contribution in [3.8, 4) is 0 Å². The normalized spacial score (nSPS) is 35.4. The molecule has 0 amide bonds. The zero-order valence-corrected chi connectivity index (χ0v) is 12.2. The van der Waals surface area contributed by atoms with Gasteiger partial charge in [-0.1, -0.05) is 12.2 Å². The van der Waals surface area contributed by atoms with Crippen molar-refractivity contribution >= 4 is 17.2 Å². The number of likely N-dealkylation sites (tertiary alicyclic amines) is 1. The van der Waals surface area contributed by atoms with E-state index in [1.54, 1.807) is 0 Å². The Kier molecular flexibility index (Phi) is 3.37. The first-order valence-electron chi connectivity index (χ1n) is 7.31. The van der Waals surface area contributed by atoms with Gasteiger partial charge in [-0.2, -0.15) is 0 Å². The highest BCUT2D eigenvalue weighted by Crippen LogP contribution is 2.49. The summed E-state index contributed by atoms with van der Waals surface area (Å²) in [6.45, 7) is 3.75. The summed E-state index contributed by atoms with van der Waals surface area (Å²) in [5, 5.41) is 0. The van der Waals surface area contributed by atoms with E-state index in [-0.39, 0.29) is 0 Å². The van der Waals surface area contributed by atoms with Gasteiger partial charge in [0.2, 0.25) is 0 Å². The molecule has 2 aliphatic heterocycles. The highest BCUT2D eigenvalue weighted by molar-refractivity contribution is 7.80. The van der Waals surface area contributed by atoms with Gasteiger partial charge in [-0.3, -0.25) is 4.90 Å². The largest absolute Gasteiger partial charge is 0.393 e. The molecule has 1 aliphatic carbocycles. The van der Waals surface area contributed by atoms with Gasteiger partial charge in [0.25, 0.3) is 0 Å². The van der Waals surface area contributed by atoms with Gasteiger partial charge >= 0.3 is 0 Å². The number of likely N-dealkylation sites (N-methyl/N-ethyl adjacent to an activating group) is 1. The van der Waals surface area contributed by atoms with Crippen LogP contribution in [0.3, 0.4) is 0 Å². The van der Waals surface area contributed by atoms with E-state index in [4.69, 9.17) is 18.0 Å². The summed E-state index contributed by atoms with van der Waals surface area (Å²) in [6.07, 6.45) is 7.75. The Hall–Kier alpha value is -0.190. The van der Waals surface area contributed by atoms with E-state index in [1.807, 2.05) is 0 Å². The molecule has 2 unspecified atom stereocenters. The van der Waals surface area contributed by atoms with Gasteiger partial charge in [-0.05, 0) is 51.1 Å². The second kappa shape index (κ2) is 4.73. The number of hydrogen-bond acceptors (Lipinski definition) is 3. The molecule has 3 nitrogen and oxygen atoms in total. The van der Waals surface area contributed by atoms with Crippen LogP contribution in [0.15, 0.2) is 0 Å². The molecular weight excluding hydrogens is 242 g/mol. The molecule has 2 N–H and O–H groups in total. The minimum Gasteiger partial charge on any atom is -0.393 e. The molecule has 0 radical (unpaired) electrons. The zero-order valence-electron chi connectivity index (χ0n) is 11.4. The maximum Gasteiger partial charge on any atom is 0.0733 e. The molecular formula is C14H25N3S. The van der Waals surface area contributed by atoms with E-state index in [0.29, 0.717) is 10.4 Å². The zero-order chi connectivity index (χ0) is 12.8. The number of fused-ring (bicyclic) bond motifs is 2. The first-order chi connectivity index (χ1) is 8.58. The van der Waals surface area contributed by atoms with Crippen LogP contribution in [0.1, 0.15) is 38.5 Å². The molecule has 3 fully saturated rings. The fourth-order valence-corrected chi connectivity index (χ4v) is 4.24. The lowest BCUT2D eigenvalue weighted by Gasteiger charge is -2.29. The van der Waals surface area contributed by atoms with Crippen LogP contribution in [0.2, 0.25) is 0 Å². The fourth-order valence-electron chi connectivity index (χ4n) is 3.93. The first-order valence-corrected chi connectivity index (χ1v) is 7.71.